The van der Waals surface area contributed by atoms with Gasteiger partial charge in [-0.1, -0.05) is 17.7 Å². The SMILES string of the molecule is NC1=NCc2ccc(-c3ccc(S(=O)(=O)N[C@@H]4CC[C@H](O)C4)cc3Cl)nc21. The van der Waals surface area contributed by atoms with E-state index in [4.69, 9.17) is 17.3 Å². The molecule has 0 unspecified atom stereocenters. The first-order valence-corrected chi connectivity index (χ1v) is 10.5. The Bertz CT molecular complexity index is 1040. The topological polar surface area (TPSA) is 118 Å². The van der Waals surface area contributed by atoms with Crippen molar-refractivity contribution < 1.29 is 13.5 Å². The van der Waals surface area contributed by atoms with Gasteiger partial charge in [0.15, 0.2) is 0 Å². The maximum atomic E-state index is 12.6. The van der Waals surface area contributed by atoms with Gasteiger partial charge >= 0.3 is 0 Å². The van der Waals surface area contributed by atoms with Crippen molar-refractivity contribution >= 4 is 27.5 Å². The molecule has 2 heterocycles. The number of aliphatic hydroxyl groups is 1. The fourth-order valence-corrected chi connectivity index (χ4v) is 5.11. The Labute approximate surface area is 162 Å². The van der Waals surface area contributed by atoms with Crippen molar-refractivity contribution in [3.05, 3.63) is 46.6 Å². The maximum absolute atomic E-state index is 12.6. The number of hydrogen-bond acceptors (Lipinski definition) is 6. The summed E-state index contributed by atoms with van der Waals surface area (Å²) >= 11 is 6.36. The number of pyridine rings is 1. The zero-order chi connectivity index (χ0) is 19.2. The number of rotatable bonds is 4. The minimum absolute atomic E-state index is 0.0832. The number of aliphatic hydroxyl groups excluding tert-OH is 1. The predicted octanol–water partition coefficient (Wildman–Crippen LogP) is 1.81. The quantitative estimate of drug-likeness (QED) is 0.715. The minimum atomic E-state index is -3.71. The van der Waals surface area contributed by atoms with Gasteiger partial charge in [0.05, 0.1) is 28.3 Å². The molecule has 1 aliphatic carbocycles. The molecule has 1 fully saturated rings. The van der Waals surface area contributed by atoms with Gasteiger partial charge < -0.3 is 10.8 Å². The van der Waals surface area contributed by atoms with E-state index < -0.39 is 16.1 Å². The number of nitrogens with one attached hydrogen (secondary N) is 1. The number of aliphatic imine (C=N–C) groups is 1. The molecule has 27 heavy (non-hydrogen) atoms. The number of benzene rings is 1. The summed E-state index contributed by atoms with van der Waals surface area (Å²) in [7, 11) is -3.71. The van der Waals surface area contributed by atoms with E-state index in [1.165, 1.54) is 12.1 Å². The van der Waals surface area contributed by atoms with Crippen LogP contribution in [0, 0.1) is 0 Å². The van der Waals surface area contributed by atoms with Crippen LogP contribution >= 0.6 is 11.6 Å². The Morgan fingerprint density at radius 1 is 1.22 bits per heavy atom. The molecule has 0 saturated heterocycles. The Hall–Kier alpha value is -2.00. The van der Waals surface area contributed by atoms with Gasteiger partial charge in [0.2, 0.25) is 10.0 Å². The number of sulfonamides is 1. The van der Waals surface area contributed by atoms with Crippen LogP contribution in [0.2, 0.25) is 5.02 Å². The second kappa shape index (κ2) is 6.87. The molecular weight excluding hydrogens is 388 g/mol. The fourth-order valence-electron chi connectivity index (χ4n) is 3.46. The van der Waals surface area contributed by atoms with Gasteiger partial charge in [-0.25, -0.2) is 18.1 Å². The molecule has 1 aromatic heterocycles. The number of halogens is 1. The first-order valence-electron chi connectivity index (χ1n) is 8.64. The summed E-state index contributed by atoms with van der Waals surface area (Å²) in [6, 6.07) is 8.01. The maximum Gasteiger partial charge on any atom is 0.240 e. The van der Waals surface area contributed by atoms with Crippen molar-refractivity contribution in [3.8, 4) is 11.3 Å². The Morgan fingerprint density at radius 3 is 2.74 bits per heavy atom. The highest BCUT2D eigenvalue weighted by molar-refractivity contribution is 7.89. The van der Waals surface area contributed by atoms with E-state index in [0.29, 0.717) is 48.6 Å². The average molecular weight is 407 g/mol. The van der Waals surface area contributed by atoms with Crippen molar-refractivity contribution in [2.24, 2.45) is 10.7 Å². The van der Waals surface area contributed by atoms with Gasteiger partial charge in [-0.15, -0.1) is 0 Å². The van der Waals surface area contributed by atoms with Gasteiger partial charge in [-0.05, 0) is 43.5 Å². The molecule has 7 nitrogen and oxygen atoms in total. The van der Waals surface area contributed by atoms with Gasteiger partial charge in [-0.3, -0.25) is 4.99 Å². The van der Waals surface area contributed by atoms with Crippen LogP contribution in [0.4, 0.5) is 0 Å². The van der Waals surface area contributed by atoms with Crippen molar-refractivity contribution in [2.45, 2.75) is 42.8 Å². The van der Waals surface area contributed by atoms with E-state index in [2.05, 4.69) is 14.7 Å². The van der Waals surface area contributed by atoms with Crippen LogP contribution in [0.3, 0.4) is 0 Å². The molecular formula is C18H19ClN4O3S. The Kier molecular flexibility index (Phi) is 4.67. The van der Waals surface area contributed by atoms with Crippen LogP contribution in [0.25, 0.3) is 11.3 Å². The van der Waals surface area contributed by atoms with E-state index in [0.717, 1.165) is 5.56 Å². The number of fused-ring (bicyclic) bond motifs is 1. The van der Waals surface area contributed by atoms with Gasteiger partial charge in [0.1, 0.15) is 11.5 Å². The van der Waals surface area contributed by atoms with E-state index >= 15 is 0 Å². The lowest BCUT2D eigenvalue weighted by atomic mass is 10.1. The lowest BCUT2D eigenvalue weighted by Gasteiger charge is -2.14. The highest BCUT2D eigenvalue weighted by atomic mass is 35.5. The third kappa shape index (κ3) is 3.58. The average Bonchev–Trinajstić information content (AvgIpc) is 3.20. The zero-order valence-corrected chi connectivity index (χ0v) is 16.0. The molecule has 142 valence electrons. The summed E-state index contributed by atoms with van der Waals surface area (Å²) < 4.78 is 27.8. The number of aromatic nitrogens is 1. The van der Waals surface area contributed by atoms with E-state index in [-0.39, 0.29) is 16.0 Å². The molecule has 4 rings (SSSR count). The smallest absolute Gasteiger partial charge is 0.240 e. The molecule has 0 amide bonds. The van der Waals surface area contributed by atoms with Crippen molar-refractivity contribution in [2.75, 3.05) is 0 Å². The monoisotopic (exact) mass is 406 g/mol. The van der Waals surface area contributed by atoms with E-state index in [1.807, 2.05) is 12.1 Å². The first-order chi connectivity index (χ1) is 12.8. The summed E-state index contributed by atoms with van der Waals surface area (Å²) in [5, 5.41) is 9.86. The van der Waals surface area contributed by atoms with Crippen LogP contribution in [0.15, 0.2) is 40.2 Å². The lowest BCUT2D eigenvalue weighted by Crippen LogP contribution is -2.33. The van der Waals surface area contributed by atoms with Crippen LogP contribution in [-0.4, -0.2) is 36.5 Å². The molecule has 1 aliphatic heterocycles. The van der Waals surface area contributed by atoms with Crippen LogP contribution < -0.4 is 10.5 Å². The standard InChI is InChI=1S/C18H19ClN4O3S/c19-15-8-13(27(25,26)23-11-2-3-12(24)7-11)4-5-14(15)16-6-1-10-9-21-18(20)17(10)22-16/h1,4-6,8,11-12,23-24H,2-3,7,9H2,(H2,20,21)/t11-,12+/m1/s1. The number of nitrogens with zero attached hydrogens (tertiary/aromatic N) is 2. The van der Waals surface area contributed by atoms with Gasteiger partial charge in [0, 0.05) is 17.2 Å². The first kappa shape index (κ1) is 18.4. The Balaban J connectivity index is 1.61. The predicted molar refractivity (Wildman–Crippen MR) is 103 cm³/mol. The molecule has 4 N–H and O–H groups in total. The summed E-state index contributed by atoms with van der Waals surface area (Å²) in [6.07, 6.45) is 1.19. The molecule has 2 aromatic rings. The summed E-state index contributed by atoms with van der Waals surface area (Å²) in [4.78, 5) is 8.75. The van der Waals surface area contributed by atoms with Crippen LogP contribution in [0.1, 0.15) is 30.5 Å². The van der Waals surface area contributed by atoms with Crippen molar-refractivity contribution in [1.82, 2.24) is 9.71 Å². The van der Waals surface area contributed by atoms with Crippen LogP contribution in [0.5, 0.6) is 0 Å². The highest BCUT2D eigenvalue weighted by Crippen LogP contribution is 2.31. The molecule has 2 aliphatic rings. The van der Waals surface area contributed by atoms with Crippen molar-refractivity contribution in [3.63, 3.8) is 0 Å². The normalized spacial score (nSPS) is 21.9. The third-order valence-electron chi connectivity index (χ3n) is 4.89. The summed E-state index contributed by atoms with van der Waals surface area (Å²) in [6.45, 7) is 0.515. The van der Waals surface area contributed by atoms with E-state index in [1.54, 1.807) is 6.07 Å². The molecule has 1 aromatic carbocycles. The molecule has 0 radical (unpaired) electrons. The number of nitrogens with two attached hydrogens (primary N) is 1. The summed E-state index contributed by atoms with van der Waals surface area (Å²) in [5.41, 5.74) is 8.67. The van der Waals surface area contributed by atoms with Crippen molar-refractivity contribution in [1.29, 1.82) is 0 Å². The minimum Gasteiger partial charge on any atom is -0.393 e. The number of hydrogen-bond donors (Lipinski definition) is 3. The molecule has 2 atom stereocenters. The second-order valence-corrected chi connectivity index (χ2v) is 8.95. The highest BCUT2D eigenvalue weighted by Gasteiger charge is 2.28. The second-order valence-electron chi connectivity index (χ2n) is 6.83. The van der Waals surface area contributed by atoms with E-state index in [9.17, 15) is 13.5 Å². The fraction of sp³-hybridized carbons (Fsp3) is 0.333. The largest absolute Gasteiger partial charge is 0.393 e. The van der Waals surface area contributed by atoms with Gasteiger partial charge in [-0.2, -0.15) is 0 Å². The zero-order valence-electron chi connectivity index (χ0n) is 14.4. The van der Waals surface area contributed by atoms with Gasteiger partial charge in [0.25, 0.3) is 0 Å². The molecule has 0 spiro atoms. The molecule has 9 heteroatoms. The van der Waals surface area contributed by atoms with Crippen LogP contribution in [-0.2, 0) is 16.6 Å². The third-order valence-corrected chi connectivity index (χ3v) is 6.73. The number of amidine groups is 1. The molecule has 0 bridgehead atoms. The summed E-state index contributed by atoms with van der Waals surface area (Å²) in [5.74, 6) is 0.394. The Morgan fingerprint density at radius 2 is 2.04 bits per heavy atom. The molecule has 1 saturated carbocycles. The lowest BCUT2D eigenvalue weighted by molar-refractivity contribution is 0.181.